The summed E-state index contributed by atoms with van der Waals surface area (Å²) in [5.74, 6) is -0.271. The number of nitrogens with zero attached hydrogens (tertiary/aromatic N) is 1. The highest BCUT2D eigenvalue weighted by molar-refractivity contribution is 7.89. The van der Waals surface area contributed by atoms with Crippen LogP contribution in [0.5, 0.6) is 0 Å². The number of carbonyl (C=O) groups excluding carboxylic acids is 1. The summed E-state index contributed by atoms with van der Waals surface area (Å²) in [5, 5.41) is 4.32. The molecule has 0 unspecified atom stereocenters. The van der Waals surface area contributed by atoms with E-state index in [0.29, 0.717) is 37.7 Å². The number of thiophene rings is 1. The van der Waals surface area contributed by atoms with Crippen molar-refractivity contribution in [2.24, 2.45) is 0 Å². The fourth-order valence-electron chi connectivity index (χ4n) is 2.37. The predicted molar refractivity (Wildman–Crippen MR) is 91.5 cm³/mol. The van der Waals surface area contributed by atoms with Crippen molar-refractivity contribution in [1.82, 2.24) is 9.62 Å². The lowest BCUT2D eigenvalue weighted by Crippen LogP contribution is -2.40. The molecule has 0 atom stereocenters. The maximum Gasteiger partial charge on any atom is 0.261 e. The summed E-state index contributed by atoms with van der Waals surface area (Å²) in [6, 6.07) is 11.0. The molecule has 0 aliphatic carbocycles. The number of carbonyl (C=O) groups is 1. The van der Waals surface area contributed by atoms with Crippen molar-refractivity contribution in [2.45, 2.75) is 11.4 Å². The highest BCUT2D eigenvalue weighted by Gasteiger charge is 2.27. The summed E-state index contributed by atoms with van der Waals surface area (Å²) in [4.78, 5) is 12.8. The van der Waals surface area contributed by atoms with Crippen molar-refractivity contribution in [3.8, 4) is 0 Å². The van der Waals surface area contributed by atoms with E-state index in [-0.39, 0.29) is 10.8 Å². The summed E-state index contributed by atoms with van der Waals surface area (Å²) in [7, 11) is -3.56. The van der Waals surface area contributed by atoms with Crippen LogP contribution in [0.25, 0.3) is 0 Å². The minimum atomic E-state index is -3.56. The molecule has 3 rings (SSSR count). The van der Waals surface area contributed by atoms with E-state index in [1.54, 1.807) is 0 Å². The van der Waals surface area contributed by atoms with Crippen LogP contribution in [-0.4, -0.2) is 44.9 Å². The van der Waals surface area contributed by atoms with Gasteiger partial charge >= 0.3 is 0 Å². The fourth-order valence-corrected chi connectivity index (χ4v) is 4.96. The van der Waals surface area contributed by atoms with E-state index in [2.05, 4.69) is 5.32 Å². The fraction of sp³-hybridized carbons (Fsp3) is 0.312. The summed E-state index contributed by atoms with van der Waals surface area (Å²) >= 11 is 1.13. The van der Waals surface area contributed by atoms with E-state index in [4.69, 9.17) is 4.74 Å². The number of benzene rings is 1. The Bertz CT molecular complexity index is 796. The van der Waals surface area contributed by atoms with Crippen molar-refractivity contribution in [3.05, 3.63) is 52.2 Å². The van der Waals surface area contributed by atoms with Crippen LogP contribution in [0.1, 0.15) is 15.2 Å². The second-order valence-electron chi connectivity index (χ2n) is 5.33. The third kappa shape index (κ3) is 3.84. The van der Waals surface area contributed by atoms with Gasteiger partial charge in [0.25, 0.3) is 5.91 Å². The van der Waals surface area contributed by atoms with Crippen molar-refractivity contribution >= 4 is 27.3 Å². The molecule has 2 aromatic rings. The maximum atomic E-state index is 12.5. The number of hydrogen-bond acceptors (Lipinski definition) is 5. The molecule has 1 aliphatic heterocycles. The van der Waals surface area contributed by atoms with Crippen molar-refractivity contribution in [1.29, 1.82) is 0 Å². The van der Waals surface area contributed by atoms with E-state index in [1.807, 2.05) is 30.3 Å². The Balaban J connectivity index is 1.67. The molecule has 1 fully saturated rings. The van der Waals surface area contributed by atoms with Crippen LogP contribution in [0.15, 0.2) is 46.7 Å². The number of nitrogens with one attached hydrogen (secondary N) is 1. The number of ether oxygens (including phenoxy) is 1. The largest absolute Gasteiger partial charge is 0.379 e. The van der Waals surface area contributed by atoms with Gasteiger partial charge in [-0.25, -0.2) is 8.42 Å². The van der Waals surface area contributed by atoms with E-state index < -0.39 is 10.0 Å². The first-order chi connectivity index (χ1) is 11.6. The van der Waals surface area contributed by atoms with Crippen LogP contribution >= 0.6 is 11.3 Å². The molecule has 1 amide bonds. The van der Waals surface area contributed by atoms with Gasteiger partial charge in [-0.1, -0.05) is 30.3 Å². The molecule has 0 radical (unpaired) electrons. The molecule has 2 heterocycles. The van der Waals surface area contributed by atoms with Gasteiger partial charge in [0.15, 0.2) is 0 Å². The molecule has 0 spiro atoms. The van der Waals surface area contributed by atoms with Crippen molar-refractivity contribution in [3.63, 3.8) is 0 Å². The summed E-state index contributed by atoms with van der Waals surface area (Å²) in [6.45, 7) is 1.88. The number of amides is 1. The van der Waals surface area contributed by atoms with Gasteiger partial charge in [0, 0.05) is 25.0 Å². The lowest BCUT2D eigenvalue weighted by molar-refractivity contribution is 0.0730. The van der Waals surface area contributed by atoms with Crippen LogP contribution in [-0.2, 0) is 21.3 Å². The van der Waals surface area contributed by atoms with E-state index >= 15 is 0 Å². The average Bonchev–Trinajstić information content (AvgIpc) is 3.12. The summed E-state index contributed by atoms with van der Waals surface area (Å²) in [5.41, 5.74) is 0.989. The smallest absolute Gasteiger partial charge is 0.261 e. The van der Waals surface area contributed by atoms with Gasteiger partial charge in [-0.3, -0.25) is 4.79 Å². The lowest BCUT2D eigenvalue weighted by atomic mass is 10.2. The van der Waals surface area contributed by atoms with Crippen LogP contribution < -0.4 is 5.32 Å². The van der Waals surface area contributed by atoms with Gasteiger partial charge < -0.3 is 10.1 Å². The average molecular weight is 366 g/mol. The summed E-state index contributed by atoms with van der Waals surface area (Å²) in [6.07, 6.45) is 0. The predicted octanol–water partition coefficient (Wildman–Crippen LogP) is 1.70. The molecule has 1 aromatic heterocycles. The Morgan fingerprint density at radius 3 is 2.62 bits per heavy atom. The molecule has 1 aliphatic rings. The van der Waals surface area contributed by atoms with Crippen LogP contribution in [0, 0.1) is 0 Å². The Hall–Kier alpha value is -1.74. The molecule has 24 heavy (non-hydrogen) atoms. The second-order valence-corrected chi connectivity index (χ2v) is 8.18. The molecule has 0 saturated carbocycles. The number of sulfonamides is 1. The third-order valence-corrected chi connectivity index (χ3v) is 6.66. The number of morpholine rings is 1. The maximum absolute atomic E-state index is 12.5. The first kappa shape index (κ1) is 17.1. The Labute approximate surface area is 145 Å². The Morgan fingerprint density at radius 2 is 1.92 bits per heavy atom. The highest BCUT2D eigenvalue weighted by atomic mass is 32.2. The zero-order chi connectivity index (χ0) is 17.0. The molecule has 128 valence electrons. The minimum absolute atomic E-state index is 0.166. The number of hydrogen-bond donors (Lipinski definition) is 1. The zero-order valence-electron chi connectivity index (χ0n) is 13.0. The molecular formula is C16H18N2O4S2. The van der Waals surface area contributed by atoms with Crippen molar-refractivity contribution in [2.75, 3.05) is 26.3 Å². The van der Waals surface area contributed by atoms with Gasteiger partial charge in [0.2, 0.25) is 10.0 Å². The van der Waals surface area contributed by atoms with Gasteiger partial charge in [-0.15, -0.1) is 11.3 Å². The molecule has 1 aromatic carbocycles. The zero-order valence-corrected chi connectivity index (χ0v) is 14.6. The Morgan fingerprint density at radius 1 is 1.21 bits per heavy atom. The van der Waals surface area contributed by atoms with E-state index in [9.17, 15) is 13.2 Å². The van der Waals surface area contributed by atoms with Gasteiger partial charge in [0.1, 0.15) is 0 Å². The standard InChI is InChI=1S/C16H18N2O4S2/c19-16(17-11-13-4-2-1-3-5-13)15-10-14(12-23-15)24(20,21)18-6-8-22-9-7-18/h1-5,10,12H,6-9,11H2,(H,17,19). The molecule has 6 nitrogen and oxygen atoms in total. The van der Waals surface area contributed by atoms with Gasteiger partial charge in [0.05, 0.1) is 23.0 Å². The minimum Gasteiger partial charge on any atom is -0.379 e. The first-order valence-electron chi connectivity index (χ1n) is 7.56. The van der Waals surface area contributed by atoms with E-state index in [1.165, 1.54) is 15.8 Å². The molecular weight excluding hydrogens is 348 g/mol. The third-order valence-electron chi connectivity index (χ3n) is 3.70. The monoisotopic (exact) mass is 366 g/mol. The Kier molecular flexibility index (Phi) is 5.30. The first-order valence-corrected chi connectivity index (χ1v) is 9.88. The number of rotatable bonds is 5. The topological polar surface area (TPSA) is 75.7 Å². The van der Waals surface area contributed by atoms with E-state index in [0.717, 1.165) is 16.9 Å². The normalized spacial score (nSPS) is 16.0. The van der Waals surface area contributed by atoms with Crippen LogP contribution in [0.3, 0.4) is 0 Å². The van der Waals surface area contributed by atoms with Crippen molar-refractivity contribution < 1.29 is 17.9 Å². The summed E-state index contributed by atoms with van der Waals surface area (Å²) < 4.78 is 31.7. The highest BCUT2D eigenvalue weighted by Crippen LogP contribution is 2.23. The lowest BCUT2D eigenvalue weighted by Gasteiger charge is -2.25. The quantitative estimate of drug-likeness (QED) is 0.874. The van der Waals surface area contributed by atoms with Gasteiger partial charge in [-0.05, 0) is 11.6 Å². The van der Waals surface area contributed by atoms with Gasteiger partial charge in [-0.2, -0.15) is 4.31 Å². The van der Waals surface area contributed by atoms with Crippen LogP contribution in [0.2, 0.25) is 0 Å². The molecule has 0 bridgehead atoms. The molecule has 1 saturated heterocycles. The molecule has 1 N–H and O–H groups in total. The van der Waals surface area contributed by atoms with Crippen LogP contribution in [0.4, 0.5) is 0 Å². The second kappa shape index (κ2) is 7.43. The molecule has 8 heteroatoms. The SMILES string of the molecule is O=C(NCc1ccccc1)c1cc(S(=O)(=O)N2CCOCC2)cs1.